The maximum atomic E-state index is 10.5. The van der Waals surface area contributed by atoms with Crippen molar-refractivity contribution < 1.29 is 4.79 Å². The van der Waals surface area contributed by atoms with Crippen molar-refractivity contribution >= 4 is 13.2 Å². The smallest absolute Gasteiger partial charge is 0.212 e. The highest BCUT2D eigenvalue weighted by Gasteiger charge is 2.11. The summed E-state index contributed by atoms with van der Waals surface area (Å²) in [6.07, 6.45) is 0. The van der Waals surface area contributed by atoms with E-state index in [2.05, 4.69) is 13.8 Å². The summed E-state index contributed by atoms with van der Waals surface area (Å²) >= 11 is 0. The van der Waals surface area contributed by atoms with E-state index in [1.807, 2.05) is 6.92 Å². The first-order valence-electron chi connectivity index (χ1n) is 3.33. The Kier molecular flexibility index (Phi) is 3.36. The molecule has 0 fully saturated rings. The summed E-state index contributed by atoms with van der Waals surface area (Å²) in [7, 11) is 0.898. The number of hydrogen-bond donors (Lipinski definition) is 1. The Morgan fingerprint density at radius 1 is 1.44 bits per heavy atom. The first-order valence-corrected chi connectivity index (χ1v) is 3.33. The molecule has 52 valence electrons. The number of carbonyl (C=O) groups excluding carboxylic acids is 1. The highest BCUT2D eigenvalue weighted by Crippen LogP contribution is 2.08. The molecule has 0 rings (SSSR count). The minimum absolute atomic E-state index is 0.0324. The second kappa shape index (κ2) is 3.54. The zero-order chi connectivity index (χ0) is 7.44. The molecule has 0 saturated heterocycles. The second-order valence-electron chi connectivity index (χ2n) is 2.93. The number of primary amides is 1. The minimum Gasteiger partial charge on any atom is -0.370 e. The normalized spacial score (nSPS) is 13.3. The Bertz CT molecular complexity index is 103. The highest BCUT2D eigenvalue weighted by molar-refractivity contribution is 6.45. The zero-order valence-electron chi connectivity index (χ0n) is 6.35. The van der Waals surface area contributed by atoms with E-state index in [-0.39, 0.29) is 11.7 Å². The zero-order valence-corrected chi connectivity index (χ0v) is 6.35. The van der Waals surface area contributed by atoms with Crippen molar-refractivity contribution in [3.05, 3.63) is 0 Å². The second-order valence-corrected chi connectivity index (χ2v) is 2.93. The van der Waals surface area contributed by atoms with Crippen molar-refractivity contribution in [1.29, 1.82) is 0 Å². The Morgan fingerprint density at radius 2 is 1.89 bits per heavy atom. The lowest BCUT2D eigenvalue weighted by atomic mass is 9.56. The largest absolute Gasteiger partial charge is 0.370 e. The van der Waals surface area contributed by atoms with Gasteiger partial charge in [0.15, 0.2) is 0 Å². The molecule has 1 atom stereocenters. The fourth-order valence-corrected chi connectivity index (χ4v) is 0.823. The quantitative estimate of drug-likeness (QED) is 0.552. The molecule has 2 N–H and O–H groups in total. The van der Waals surface area contributed by atoms with Gasteiger partial charge < -0.3 is 5.73 Å². The Hall–Kier alpha value is -0.465. The van der Waals surface area contributed by atoms with E-state index in [9.17, 15) is 4.79 Å². The van der Waals surface area contributed by atoms with Crippen LogP contribution in [0.3, 0.4) is 0 Å². The standard InChI is InChI=1S/C6H14BNO/c1-4(2)7-5(3)6(8)9/h4-5,7H,1-3H3,(H2,8,9). The summed E-state index contributed by atoms with van der Waals surface area (Å²) in [5, 5.41) is 0. The van der Waals surface area contributed by atoms with Gasteiger partial charge in [0.25, 0.3) is 0 Å². The molecular formula is C6H14BNO. The molecule has 0 aromatic rings. The molecule has 0 aliphatic carbocycles. The lowest BCUT2D eigenvalue weighted by Gasteiger charge is -2.06. The number of amides is 1. The van der Waals surface area contributed by atoms with Crippen LogP contribution in [0, 0.1) is 0 Å². The maximum Gasteiger partial charge on any atom is 0.212 e. The van der Waals surface area contributed by atoms with Crippen LogP contribution >= 0.6 is 0 Å². The maximum absolute atomic E-state index is 10.5. The van der Waals surface area contributed by atoms with E-state index in [4.69, 9.17) is 5.73 Å². The summed E-state index contributed by atoms with van der Waals surface area (Å²) < 4.78 is 0. The average molecular weight is 127 g/mol. The summed E-state index contributed by atoms with van der Waals surface area (Å²) in [5.74, 6) is 0.404. The predicted molar refractivity (Wildman–Crippen MR) is 40.9 cm³/mol. The third kappa shape index (κ3) is 4.07. The van der Waals surface area contributed by atoms with E-state index in [0.29, 0.717) is 5.82 Å². The molecule has 0 heterocycles. The van der Waals surface area contributed by atoms with Crippen LogP contribution in [0.4, 0.5) is 0 Å². The van der Waals surface area contributed by atoms with Crippen molar-refractivity contribution in [3.63, 3.8) is 0 Å². The van der Waals surface area contributed by atoms with Crippen LogP contribution in [-0.2, 0) is 4.79 Å². The van der Waals surface area contributed by atoms with Crippen molar-refractivity contribution in [2.75, 3.05) is 0 Å². The first kappa shape index (κ1) is 8.53. The van der Waals surface area contributed by atoms with Gasteiger partial charge in [0.05, 0.1) is 0 Å². The van der Waals surface area contributed by atoms with Gasteiger partial charge in [-0.2, -0.15) is 0 Å². The van der Waals surface area contributed by atoms with Gasteiger partial charge in [0, 0.05) is 5.82 Å². The third-order valence-corrected chi connectivity index (χ3v) is 1.31. The van der Waals surface area contributed by atoms with Crippen LogP contribution in [0.2, 0.25) is 11.6 Å². The topological polar surface area (TPSA) is 43.1 Å². The number of hydrogen-bond acceptors (Lipinski definition) is 1. The van der Waals surface area contributed by atoms with E-state index < -0.39 is 0 Å². The summed E-state index contributed by atoms with van der Waals surface area (Å²) in [5.41, 5.74) is 5.05. The van der Waals surface area contributed by atoms with E-state index >= 15 is 0 Å². The summed E-state index contributed by atoms with van der Waals surface area (Å²) in [4.78, 5) is 10.5. The monoisotopic (exact) mass is 127 g/mol. The number of nitrogens with two attached hydrogens (primary N) is 1. The lowest BCUT2D eigenvalue weighted by Crippen LogP contribution is -2.21. The van der Waals surface area contributed by atoms with Crippen LogP contribution in [0.1, 0.15) is 20.8 Å². The van der Waals surface area contributed by atoms with E-state index in [1.54, 1.807) is 0 Å². The number of rotatable bonds is 3. The van der Waals surface area contributed by atoms with Gasteiger partial charge >= 0.3 is 0 Å². The lowest BCUT2D eigenvalue weighted by molar-refractivity contribution is -0.117. The van der Waals surface area contributed by atoms with Crippen molar-refractivity contribution in [2.24, 2.45) is 5.73 Å². The van der Waals surface area contributed by atoms with Gasteiger partial charge in [0.2, 0.25) is 5.91 Å². The summed E-state index contributed by atoms with van der Waals surface area (Å²) in [6.45, 7) is 6.03. The minimum atomic E-state index is -0.191. The van der Waals surface area contributed by atoms with Crippen LogP contribution in [0.5, 0.6) is 0 Å². The molecular weight excluding hydrogens is 113 g/mol. The molecule has 0 aromatic heterocycles. The van der Waals surface area contributed by atoms with Crippen molar-refractivity contribution in [2.45, 2.75) is 32.4 Å². The van der Waals surface area contributed by atoms with Crippen LogP contribution in [0.15, 0.2) is 0 Å². The Labute approximate surface area is 57.1 Å². The van der Waals surface area contributed by atoms with Gasteiger partial charge in [0.1, 0.15) is 7.28 Å². The first-order chi connectivity index (χ1) is 4.04. The fraction of sp³-hybridized carbons (Fsp3) is 0.833. The predicted octanol–water partition coefficient (Wildman–Crippen LogP) is 0.545. The molecule has 3 heteroatoms. The van der Waals surface area contributed by atoms with Crippen molar-refractivity contribution in [1.82, 2.24) is 0 Å². The molecule has 9 heavy (non-hydrogen) atoms. The van der Waals surface area contributed by atoms with Gasteiger partial charge in [-0.3, -0.25) is 4.79 Å². The van der Waals surface area contributed by atoms with Crippen molar-refractivity contribution in [3.8, 4) is 0 Å². The van der Waals surface area contributed by atoms with E-state index in [1.165, 1.54) is 0 Å². The SMILES string of the molecule is CC(C)BC(C)C(N)=O. The van der Waals surface area contributed by atoms with E-state index in [0.717, 1.165) is 7.28 Å². The molecule has 0 aromatic carbocycles. The average Bonchev–Trinajstić information content (AvgIpc) is 1.63. The highest BCUT2D eigenvalue weighted by atomic mass is 16.1. The summed E-state index contributed by atoms with van der Waals surface area (Å²) in [6, 6.07) is 0. The van der Waals surface area contributed by atoms with Crippen LogP contribution in [0.25, 0.3) is 0 Å². The molecule has 2 nitrogen and oxygen atoms in total. The molecule has 0 saturated carbocycles. The Morgan fingerprint density at radius 3 is 2.00 bits per heavy atom. The molecule has 1 unspecified atom stereocenters. The molecule has 0 aliphatic heterocycles. The molecule has 0 spiro atoms. The van der Waals surface area contributed by atoms with Gasteiger partial charge in [-0.25, -0.2) is 0 Å². The molecule has 0 bridgehead atoms. The Balaban J connectivity index is 3.50. The third-order valence-electron chi connectivity index (χ3n) is 1.31. The molecule has 0 aliphatic rings. The molecule has 1 amide bonds. The van der Waals surface area contributed by atoms with Gasteiger partial charge in [-0.05, 0) is 0 Å². The van der Waals surface area contributed by atoms with Crippen LogP contribution in [-0.4, -0.2) is 13.2 Å². The number of carbonyl (C=O) groups is 1. The van der Waals surface area contributed by atoms with Gasteiger partial charge in [-0.1, -0.05) is 26.6 Å². The molecule has 0 radical (unpaired) electrons. The van der Waals surface area contributed by atoms with Crippen LogP contribution < -0.4 is 5.73 Å². The van der Waals surface area contributed by atoms with Gasteiger partial charge in [-0.15, -0.1) is 0 Å². The fourth-order valence-electron chi connectivity index (χ4n) is 0.823.